The first-order valence-electron chi connectivity index (χ1n) is 5.73. The number of carbonyl (C=O) groups excluding carboxylic acids is 2. The molecule has 5 nitrogen and oxygen atoms in total. The fourth-order valence-electron chi connectivity index (χ4n) is 1.44. The van der Waals surface area contributed by atoms with Crippen molar-refractivity contribution < 1.29 is 9.59 Å². The third-order valence-electron chi connectivity index (χ3n) is 2.18. The molecule has 2 amide bonds. The van der Waals surface area contributed by atoms with Crippen LogP contribution in [0.3, 0.4) is 0 Å². The van der Waals surface area contributed by atoms with Gasteiger partial charge in [0.2, 0.25) is 0 Å². The fourth-order valence-corrected chi connectivity index (χ4v) is 2.18. The van der Waals surface area contributed by atoms with Gasteiger partial charge in [-0.15, -0.1) is 0 Å². The minimum absolute atomic E-state index is 0.349. The van der Waals surface area contributed by atoms with Gasteiger partial charge >= 0.3 is 0 Å². The van der Waals surface area contributed by atoms with Crippen molar-refractivity contribution in [3.05, 3.63) is 35.9 Å². The van der Waals surface area contributed by atoms with Gasteiger partial charge in [-0.2, -0.15) is 0 Å². The number of benzene rings is 1. The Morgan fingerprint density at radius 3 is 2.39 bits per heavy atom. The third kappa shape index (κ3) is 3.83. The van der Waals surface area contributed by atoms with Crippen LogP contribution in [-0.2, 0) is 11.3 Å². The van der Waals surface area contributed by atoms with Gasteiger partial charge in [0, 0.05) is 6.54 Å². The molecule has 0 aliphatic carbocycles. The van der Waals surface area contributed by atoms with Gasteiger partial charge in [0.25, 0.3) is 11.1 Å². The Kier molecular flexibility index (Phi) is 5.84. The molecule has 0 aromatic heterocycles. The smallest absolute Gasteiger partial charge is 0.285 e. The van der Waals surface area contributed by atoms with Crippen molar-refractivity contribution in [2.24, 2.45) is 5.84 Å². The molecule has 0 radical (unpaired) electrons. The highest BCUT2D eigenvalue weighted by atomic mass is 32.2. The number of nitrogens with one attached hydrogen (secondary N) is 1. The van der Waals surface area contributed by atoms with E-state index in [9.17, 15) is 9.59 Å². The molecule has 0 bridgehead atoms. The molecule has 3 N–H and O–H groups in total. The van der Waals surface area contributed by atoms with Crippen LogP contribution in [-0.4, -0.2) is 21.5 Å². The Morgan fingerprint density at radius 1 is 1.28 bits per heavy atom. The van der Waals surface area contributed by atoms with Crippen molar-refractivity contribution in [2.45, 2.75) is 25.8 Å². The maximum Gasteiger partial charge on any atom is 0.287 e. The normalized spacial score (nSPS) is 18.3. The third-order valence-corrected chi connectivity index (χ3v) is 3.20. The highest BCUT2D eigenvalue weighted by Gasteiger charge is 2.35. The molecule has 6 heteroatoms. The molecule has 98 valence electrons. The largest absolute Gasteiger partial charge is 0.287 e. The van der Waals surface area contributed by atoms with E-state index in [1.807, 2.05) is 44.2 Å². The molecule has 1 aromatic rings. The Hall–Kier alpha value is -1.37. The van der Waals surface area contributed by atoms with E-state index in [1.54, 1.807) is 0 Å². The van der Waals surface area contributed by atoms with Crippen LogP contribution in [0.25, 0.3) is 0 Å². The number of hydrogen-bond acceptors (Lipinski definition) is 5. The van der Waals surface area contributed by atoms with Gasteiger partial charge in [0.1, 0.15) is 0 Å². The Labute approximate surface area is 111 Å². The molecular formula is C12H17N3O2S. The average molecular weight is 267 g/mol. The van der Waals surface area contributed by atoms with Crippen molar-refractivity contribution >= 4 is 22.9 Å². The van der Waals surface area contributed by atoms with Crippen LogP contribution in [0.5, 0.6) is 0 Å². The molecule has 2 rings (SSSR count). The van der Waals surface area contributed by atoms with Crippen molar-refractivity contribution in [2.75, 3.05) is 0 Å². The van der Waals surface area contributed by atoms with Crippen LogP contribution in [0.4, 0.5) is 4.79 Å². The van der Waals surface area contributed by atoms with Crippen LogP contribution in [0, 0.1) is 0 Å². The summed E-state index contributed by atoms with van der Waals surface area (Å²) in [6, 6.07) is 9.54. The van der Waals surface area contributed by atoms with E-state index in [4.69, 9.17) is 5.84 Å². The summed E-state index contributed by atoms with van der Waals surface area (Å²) < 4.78 is 0. The zero-order valence-electron chi connectivity index (χ0n) is 10.4. The van der Waals surface area contributed by atoms with E-state index in [0.29, 0.717) is 6.54 Å². The quantitative estimate of drug-likeness (QED) is 0.644. The first-order chi connectivity index (χ1) is 8.66. The molecule has 18 heavy (non-hydrogen) atoms. The molecule has 0 saturated carbocycles. The average Bonchev–Trinajstić information content (AvgIpc) is 2.72. The molecule has 1 unspecified atom stereocenters. The second-order valence-corrected chi connectivity index (χ2v) is 4.46. The van der Waals surface area contributed by atoms with Crippen LogP contribution in [0.1, 0.15) is 19.4 Å². The number of thioether (sulfide) groups is 1. The number of carbonyl (C=O) groups is 2. The zero-order chi connectivity index (χ0) is 13.5. The van der Waals surface area contributed by atoms with E-state index in [2.05, 4.69) is 5.32 Å². The van der Waals surface area contributed by atoms with Crippen molar-refractivity contribution in [3.63, 3.8) is 0 Å². The summed E-state index contributed by atoms with van der Waals surface area (Å²) in [5.41, 5.74) is 0.998. The van der Waals surface area contributed by atoms with E-state index >= 15 is 0 Å². The number of nitrogens with zero attached hydrogens (tertiary/aromatic N) is 1. The lowest BCUT2D eigenvalue weighted by molar-refractivity contribution is -0.121. The lowest BCUT2D eigenvalue weighted by atomic mass is 10.2. The number of rotatable bonds is 3. The van der Waals surface area contributed by atoms with Gasteiger partial charge < -0.3 is 0 Å². The monoisotopic (exact) mass is 267 g/mol. The predicted molar refractivity (Wildman–Crippen MR) is 72.4 cm³/mol. The molecule has 1 saturated heterocycles. The minimum atomic E-state index is -0.632. The van der Waals surface area contributed by atoms with Crippen molar-refractivity contribution in [1.82, 2.24) is 10.3 Å². The van der Waals surface area contributed by atoms with E-state index in [0.717, 1.165) is 17.3 Å². The Bertz CT molecular complexity index is 411. The molecule has 1 aliphatic rings. The molecule has 1 aromatic carbocycles. The lowest BCUT2D eigenvalue weighted by Crippen LogP contribution is -2.43. The first-order valence-corrected chi connectivity index (χ1v) is 6.61. The van der Waals surface area contributed by atoms with Gasteiger partial charge in [-0.05, 0) is 17.3 Å². The highest BCUT2D eigenvalue weighted by Crippen LogP contribution is 2.21. The summed E-state index contributed by atoms with van der Waals surface area (Å²) in [5.74, 6) is 5.41. The summed E-state index contributed by atoms with van der Waals surface area (Å²) in [4.78, 5) is 22.3. The number of imide groups is 1. The van der Waals surface area contributed by atoms with E-state index < -0.39 is 5.37 Å². The molecular weight excluding hydrogens is 250 g/mol. The van der Waals surface area contributed by atoms with Crippen LogP contribution >= 0.6 is 11.8 Å². The molecule has 1 fully saturated rings. The Balaban J connectivity index is 0.000000771. The predicted octanol–water partition coefficient (Wildman–Crippen LogP) is 1.70. The molecule has 1 atom stereocenters. The maximum absolute atomic E-state index is 11.3. The molecule has 1 heterocycles. The summed E-state index contributed by atoms with van der Waals surface area (Å²) >= 11 is 0.902. The summed E-state index contributed by atoms with van der Waals surface area (Å²) in [5, 5.41) is 2.58. The summed E-state index contributed by atoms with van der Waals surface area (Å²) in [6.07, 6.45) is 0. The Morgan fingerprint density at radius 2 is 1.89 bits per heavy atom. The van der Waals surface area contributed by atoms with Crippen molar-refractivity contribution in [3.8, 4) is 0 Å². The number of nitrogens with two attached hydrogens (primary N) is 1. The summed E-state index contributed by atoms with van der Waals surface area (Å²) in [6.45, 7) is 4.43. The maximum atomic E-state index is 11.3. The number of hydrogen-bond donors (Lipinski definition) is 2. The van der Waals surface area contributed by atoms with Crippen LogP contribution < -0.4 is 11.2 Å². The van der Waals surface area contributed by atoms with Gasteiger partial charge in [0.05, 0.1) is 0 Å². The minimum Gasteiger partial charge on any atom is -0.285 e. The van der Waals surface area contributed by atoms with Crippen LogP contribution in [0.2, 0.25) is 0 Å². The van der Waals surface area contributed by atoms with Crippen LogP contribution in [0.15, 0.2) is 30.3 Å². The molecule has 0 spiro atoms. The number of hydrazine groups is 1. The standard InChI is InChI=1S/C10H11N3O2S.C2H6/c11-13(6-7-4-2-1-3-5-7)9-8(14)12-10(15)16-9;1-2/h1-5,9H,6,11H2,(H,12,14,15);1-2H3. The van der Waals surface area contributed by atoms with Gasteiger partial charge in [-0.25, -0.2) is 5.01 Å². The highest BCUT2D eigenvalue weighted by molar-refractivity contribution is 8.15. The van der Waals surface area contributed by atoms with Gasteiger partial charge in [-0.3, -0.25) is 20.7 Å². The zero-order valence-corrected chi connectivity index (χ0v) is 11.2. The SMILES string of the molecule is CC.NN(Cc1ccccc1)C1SC(=O)NC1=O. The summed E-state index contributed by atoms with van der Waals surface area (Å²) in [7, 11) is 0. The van der Waals surface area contributed by atoms with E-state index in [1.165, 1.54) is 5.01 Å². The van der Waals surface area contributed by atoms with Gasteiger partial charge in [-0.1, -0.05) is 44.2 Å². The fraction of sp³-hybridized carbons (Fsp3) is 0.333. The van der Waals surface area contributed by atoms with Crippen molar-refractivity contribution in [1.29, 1.82) is 0 Å². The second kappa shape index (κ2) is 7.15. The second-order valence-electron chi connectivity index (χ2n) is 3.40. The van der Waals surface area contributed by atoms with Gasteiger partial charge in [0.15, 0.2) is 5.37 Å². The first kappa shape index (κ1) is 14.7. The number of amides is 2. The lowest BCUT2D eigenvalue weighted by Gasteiger charge is -2.19. The topological polar surface area (TPSA) is 75.4 Å². The molecule has 1 aliphatic heterocycles. The van der Waals surface area contributed by atoms with E-state index in [-0.39, 0.29) is 11.1 Å².